The maximum atomic E-state index is 3.22. The molecule has 1 aliphatic carbocycles. The topological polar surface area (TPSA) is 15.3 Å². The number of nitrogens with zero attached hydrogens (tertiary/aromatic N) is 1. The minimum absolute atomic E-state index is 0.983. The summed E-state index contributed by atoms with van der Waals surface area (Å²) in [5, 5.41) is 3.22. The Balaban J connectivity index is 1.61. The highest BCUT2D eigenvalue weighted by atomic mass is 15.2. The van der Waals surface area contributed by atoms with Crippen LogP contribution in [0.4, 0.5) is 0 Å². The second-order valence-electron chi connectivity index (χ2n) is 3.84. The summed E-state index contributed by atoms with van der Waals surface area (Å²) in [6.45, 7) is 3.95. The molecule has 0 aromatic carbocycles. The Labute approximate surface area is 69.0 Å². The Morgan fingerprint density at radius 3 is 2.82 bits per heavy atom. The Morgan fingerprint density at radius 1 is 1.45 bits per heavy atom. The van der Waals surface area contributed by atoms with Gasteiger partial charge in [0.1, 0.15) is 0 Å². The lowest BCUT2D eigenvalue weighted by Crippen LogP contribution is -2.39. The molecule has 1 heterocycles. The second kappa shape index (κ2) is 3.11. The average Bonchev–Trinajstić information content (AvgIpc) is 2.60. The van der Waals surface area contributed by atoms with Crippen molar-refractivity contribution in [3.05, 3.63) is 0 Å². The number of hydrogen-bond donors (Lipinski definition) is 1. The van der Waals surface area contributed by atoms with E-state index in [-0.39, 0.29) is 0 Å². The molecule has 2 rings (SSSR count). The zero-order chi connectivity index (χ0) is 7.68. The third-order valence-electron chi connectivity index (χ3n) is 3.01. The van der Waals surface area contributed by atoms with Crippen LogP contribution in [0.25, 0.3) is 0 Å². The van der Waals surface area contributed by atoms with Gasteiger partial charge in [-0.3, -0.25) is 0 Å². The Hall–Kier alpha value is -0.0800. The van der Waals surface area contributed by atoms with E-state index in [1.807, 2.05) is 7.05 Å². The number of hydrogen-bond acceptors (Lipinski definition) is 2. The minimum Gasteiger partial charge on any atom is -0.320 e. The zero-order valence-electron chi connectivity index (χ0n) is 7.34. The molecular formula is C9H18N2. The highest BCUT2D eigenvalue weighted by Crippen LogP contribution is 2.40. The molecule has 2 atom stereocenters. The normalized spacial score (nSPS) is 36.8. The van der Waals surface area contributed by atoms with Crippen molar-refractivity contribution in [1.29, 1.82) is 0 Å². The molecule has 0 aromatic heterocycles. The fourth-order valence-electron chi connectivity index (χ4n) is 1.99. The standard InChI is InChI=1S/C9H18N2/c1-10-4-3-8-7-9(8)11-5-2-6-11/h8-10H,2-7H2,1H3. The number of rotatable bonds is 4. The predicted octanol–water partition coefficient (Wildman–Crippen LogP) is 0.690. The SMILES string of the molecule is CNCCC1CC1N1CCC1. The average molecular weight is 154 g/mol. The van der Waals surface area contributed by atoms with Crippen molar-refractivity contribution in [2.24, 2.45) is 5.92 Å². The Bertz CT molecular complexity index is 132. The van der Waals surface area contributed by atoms with E-state index in [0.29, 0.717) is 0 Å². The third kappa shape index (κ3) is 1.57. The first-order chi connectivity index (χ1) is 5.42. The molecule has 11 heavy (non-hydrogen) atoms. The first-order valence-electron chi connectivity index (χ1n) is 4.80. The molecule has 0 bridgehead atoms. The summed E-state index contributed by atoms with van der Waals surface area (Å²) in [6, 6.07) is 0.983. The van der Waals surface area contributed by atoms with Gasteiger partial charge in [0.2, 0.25) is 0 Å². The fraction of sp³-hybridized carbons (Fsp3) is 1.00. The highest BCUT2D eigenvalue weighted by molar-refractivity contribution is 4.97. The van der Waals surface area contributed by atoms with Crippen LogP contribution >= 0.6 is 0 Å². The van der Waals surface area contributed by atoms with Crippen molar-refractivity contribution in [1.82, 2.24) is 10.2 Å². The van der Waals surface area contributed by atoms with E-state index in [0.717, 1.165) is 12.0 Å². The van der Waals surface area contributed by atoms with Crippen LogP contribution < -0.4 is 5.32 Å². The van der Waals surface area contributed by atoms with Gasteiger partial charge in [0.05, 0.1) is 0 Å². The maximum Gasteiger partial charge on any atom is 0.0128 e. The van der Waals surface area contributed by atoms with Crippen LogP contribution in [-0.4, -0.2) is 37.6 Å². The molecule has 64 valence electrons. The van der Waals surface area contributed by atoms with Crippen LogP contribution in [0.15, 0.2) is 0 Å². The first-order valence-corrected chi connectivity index (χ1v) is 4.80. The highest BCUT2D eigenvalue weighted by Gasteiger charge is 2.42. The van der Waals surface area contributed by atoms with Gasteiger partial charge in [-0.15, -0.1) is 0 Å². The van der Waals surface area contributed by atoms with Crippen molar-refractivity contribution in [3.63, 3.8) is 0 Å². The van der Waals surface area contributed by atoms with E-state index >= 15 is 0 Å². The lowest BCUT2D eigenvalue weighted by molar-refractivity contribution is 0.161. The van der Waals surface area contributed by atoms with Gasteiger partial charge < -0.3 is 10.2 Å². The van der Waals surface area contributed by atoms with Gasteiger partial charge in [0.25, 0.3) is 0 Å². The van der Waals surface area contributed by atoms with E-state index < -0.39 is 0 Å². The summed E-state index contributed by atoms with van der Waals surface area (Å²) in [5.41, 5.74) is 0. The molecule has 1 aliphatic heterocycles. The quantitative estimate of drug-likeness (QED) is 0.641. The van der Waals surface area contributed by atoms with Crippen LogP contribution in [0, 0.1) is 5.92 Å². The summed E-state index contributed by atoms with van der Waals surface area (Å²) < 4.78 is 0. The van der Waals surface area contributed by atoms with Gasteiger partial charge in [-0.25, -0.2) is 0 Å². The number of likely N-dealkylation sites (tertiary alicyclic amines) is 1. The molecule has 2 fully saturated rings. The van der Waals surface area contributed by atoms with Crippen LogP contribution in [-0.2, 0) is 0 Å². The van der Waals surface area contributed by atoms with E-state index in [2.05, 4.69) is 10.2 Å². The van der Waals surface area contributed by atoms with E-state index in [9.17, 15) is 0 Å². The molecule has 0 amide bonds. The summed E-state index contributed by atoms with van der Waals surface area (Å²) in [6.07, 6.45) is 4.30. The Morgan fingerprint density at radius 2 is 2.27 bits per heavy atom. The Kier molecular flexibility index (Phi) is 2.14. The van der Waals surface area contributed by atoms with Crippen LogP contribution in [0.1, 0.15) is 19.3 Å². The lowest BCUT2D eigenvalue weighted by atomic mass is 10.2. The van der Waals surface area contributed by atoms with E-state index in [1.165, 1.54) is 38.9 Å². The van der Waals surface area contributed by atoms with Crippen molar-refractivity contribution in [2.45, 2.75) is 25.3 Å². The van der Waals surface area contributed by atoms with E-state index in [1.54, 1.807) is 0 Å². The third-order valence-corrected chi connectivity index (χ3v) is 3.01. The number of nitrogens with one attached hydrogen (secondary N) is 1. The van der Waals surface area contributed by atoms with Crippen LogP contribution in [0.3, 0.4) is 0 Å². The molecule has 0 spiro atoms. The fourth-order valence-corrected chi connectivity index (χ4v) is 1.99. The van der Waals surface area contributed by atoms with E-state index in [4.69, 9.17) is 0 Å². The summed E-state index contributed by atoms with van der Waals surface area (Å²) >= 11 is 0. The minimum atomic E-state index is 0.983. The second-order valence-corrected chi connectivity index (χ2v) is 3.84. The van der Waals surface area contributed by atoms with Gasteiger partial charge in [-0.05, 0) is 51.9 Å². The molecule has 1 saturated heterocycles. The van der Waals surface area contributed by atoms with Crippen molar-refractivity contribution >= 4 is 0 Å². The van der Waals surface area contributed by atoms with Crippen LogP contribution in [0.2, 0.25) is 0 Å². The molecule has 1 N–H and O–H groups in total. The van der Waals surface area contributed by atoms with Gasteiger partial charge in [0.15, 0.2) is 0 Å². The zero-order valence-corrected chi connectivity index (χ0v) is 7.34. The summed E-state index contributed by atoms with van der Waals surface area (Å²) in [7, 11) is 2.04. The molecule has 2 aliphatic rings. The van der Waals surface area contributed by atoms with Crippen molar-refractivity contribution in [3.8, 4) is 0 Å². The van der Waals surface area contributed by atoms with Gasteiger partial charge >= 0.3 is 0 Å². The first kappa shape index (κ1) is 7.56. The van der Waals surface area contributed by atoms with Crippen molar-refractivity contribution in [2.75, 3.05) is 26.7 Å². The van der Waals surface area contributed by atoms with Gasteiger partial charge in [-0.2, -0.15) is 0 Å². The molecule has 0 radical (unpaired) electrons. The summed E-state index contributed by atoms with van der Waals surface area (Å²) in [4.78, 5) is 2.64. The van der Waals surface area contributed by atoms with Crippen molar-refractivity contribution < 1.29 is 0 Å². The smallest absolute Gasteiger partial charge is 0.0128 e. The molecular weight excluding hydrogens is 136 g/mol. The molecule has 0 aromatic rings. The van der Waals surface area contributed by atoms with Gasteiger partial charge in [0, 0.05) is 6.04 Å². The lowest BCUT2D eigenvalue weighted by Gasteiger charge is -2.31. The molecule has 2 unspecified atom stereocenters. The molecule has 2 nitrogen and oxygen atoms in total. The largest absolute Gasteiger partial charge is 0.320 e. The molecule has 2 heteroatoms. The molecule has 1 saturated carbocycles. The maximum absolute atomic E-state index is 3.22. The van der Waals surface area contributed by atoms with Crippen LogP contribution in [0.5, 0.6) is 0 Å². The predicted molar refractivity (Wildman–Crippen MR) is 46.6 cm³/mol. The summed E-state index contributed by atoms with van der Waals surface area (Å²) in [5.74, 6) is 1.03. The van der Waals surface area contributed by atoms with Gasteiger partial charge in [-0.1, -0.05) is 0 Å². The monoisotopic (exact) mass is 154 g/mol.